The molecule has 15 rings (SSSR count). The van der Waals surface area contributed by atoms with Crippen molar-refractivity contribution in [1.82, 2.24) is 24.1 Å². The largest absolute Gasteiger partial charge is 0.309 e. The van der Waals surface area contributed by atoms with Gasteiger partial charge in [-0.25, -0.2) is 15.0 Å². The van der Waals surface area contributed by atoms with Gasteiger partial charge < -0.3 is 9.13 Å². The highest BCUT2D eigenvalue weighted by Crippen LogP contribution is 2.52. The highest BCUT2D eigenvalue weighted by molar-refractivity contribution is 6.29. The van der Waals surface area contributed by atoms with Gasteiger partial charge in [0, 0.05) is 54.7 Å². The number of nitrogens with zero attached hydrogens (tertiary/aromatic N) is 5. The molecule has 0 aliphatic carbocycles. The number of aromatic nitrogens is 5. The van der Waals surface area contributed by atoms with Gasteiger partial charge >= 0.3 is 0 Å². The summed E-state index contributed by atoms with van der Waals surface area (Å²) in [6.45, 7) is 0. The van der Waals surface area contributed by atoms with E-state index in [4.69, 9.17) is 15.0 Å². The Morgan fingerprint density at radius 3 is 1.60 bits per heavy atom. The summed E-state index contributed by atoms with van der Waals surface area (Å²) >= 11 is 0. The molecule has 0 saturated carbocycles. The molecule has 1 aliphatic heterocycles. The number of benzene rings is 11. The third-order valence-corrected chi connectivity index (χ3v) is 14.5. The number of hydrogen-bond acceptors (Lipinski definition) is 3. The van der Waals surface area contributed by atoms with E-state index in [9.17, 15) is 0 Å². The molecule has 324 valence electrons. The van der Waals surface area contributed by atoms with Crippen LogP contribution in [0.3, 0.4) is 0 Å². The highest BCUT2D eigenvalue weighted by Gasteiger charge is 2.29. The van der Waals surface area contributed by atoms with Crippen LogP contribution in [0.15, 0.2) is 237 Å². The summed E-state index contributed by atoms with van der Waals surface area (Å²) in [5.74, 6) is 1.88. The summed E-state index contributed by atoms with van der Waals surface area (Å²) in [5.41, 5.74) is 17.1. The molecular weight excluding hydrogens is 851 g/mol. The number of fused-ring (bicyclic) bond motifs is 14. The average Bonchev–Trinajstić information content (AvgIpc) is 3.90. The van der Waals surface area contributed by atoms with Crippen LogP contribution < -0.4 is 0 Å². The lowest BCUT2D eigenvalue weighted by Crippen LogP contribution is -2.01. The summed E-state index contributed by atoms with van der Waals surface area (Å²) < 4.78 is 5.01. The van der Waals surface area contributed by atoms with Gasteiger partial charge in [0.1, 0.15) is 0 Å². The van der Waals surface area contributed by atoms with E-state index in [1.165, 1.54) is 60.5 Å². The molecule has 0 amide bonds. The van der Waals surface area contributed by atoms with Gasteiger partial charge in [-0.2, -0.15) is 0 Å². The number of hydrogen-bond donors (Lipinski definition) is 0. The van der Waals surface area contributed by atoms with Crippen LogP contribution in [0.4, 0.5) is 0 Å². The molecule has 1 aliphatic rings. The second-order valence-corrected chi connectivity index (χ2v) is 18.3. The molecule has 4 heterocycles. The first-order valence-electron chi connectivity index (χ1n) is 23.9. The van der Waals surface area contributed by atoms with Crippen molar-refractivity contribution in [1.29, 1.82) is 0 Å². The fourth-order valence-electron chi connectivity index (χ4n) is 11.5. The zero-order valence-electron chi connectivity index (χ0n) is 37.8. The molecule has 5 heteroatoms. The van der Waals surface area contributed by atoms with E-state index in [0.29, 0.717) is 17.5 Å². The normalized spacial score (nSPS) is 12.0. The summed E-state index contributed by atoms with van der Waals surface area (Å²) in [6, 6.07) is 85.1. The maximum absolute atomic E-state index is 5.37. The monoisotopic (exact) mass is 889 g/mol. The van der Waals surface area contributed by atoms with Crippen LogP contribution >= 0.6 is 0 Å². The Labute approximate surface area is 402 Å². The fourth-order valence-corrected chi connectivity index (χ4v) is 11.5. The van der Waals surface area contributed by atoms with Crippen LogP contribution in [-0.2, 0) is 0 Å². The molecule has 0 bridgehead atoms. The Morgan fingerprint density at radius 1 is 0.271 bits per heavy atom. The molecule has 0 N–H and O–H groups in total. The average molecular weight is 890 g/mol. The minimum absolute atomic E-state index is 0.622. The van der Waals surface area contributed by atoms with E-state index < -0.39 is 0 Å². The topological polar surface area (TPSA) is 48.5 Å². The van der Waals surface area contributed by atoms with E-state index in [1.807, 2.05) is 6.07 Å². The van der Waals surface area contributed by atoms with Crippen LogP contribution in [0.5, 0.6) is 0 Å². The molecule has 70 heavy (non-hydrogen) atoms. The summed E-state index contributed by atoms with van der Waals surface area (Å²) in [4.78, 5) is 15.9. The van der Waals surface area contributed by atoms with Crippen LogP contribution in [-0.4, -0.2) is 24.1 Å². The standard InChI is InChI=1S/C65H39N5/c1-2-17-40(18-3-1)41-35-37-43(38-36-41)63-66-64(51-29-14-20-42-19-4-5-21-44(42)51)68-65(67-63)52-30-15-28-48-46(52)27-16-34-55(48)69-58-33-13-10-26-53(58)60-59(69)39-54-49-24-9-12-32-57(49)70-56-31-11-8-23-47(56)45-22-6-7-25-50(45)61(60)62(54)70/h1-39H. The van der Waals surface area contributed by atoms with E-state index >= 15 is 0 Å². The molecule has 0 fully saturated rings. The van der Waals surface area contributed by atoms with Crippen molar-refractivity contribution in [2.75, 3.05) is 0 Å². The van der Waals surface area contributed by atoms with Gasteiger partial charge in [0.25, 0.3) is 0 Å². The molecule has 0 radical (unpaired) electrons. The zero-order valence-corrected chi connectivity index (χ0v) is 37.8. The first-order chi connectivity index (χ1) is 34.7. The van der Waals surface area contributed by atoms with Crippen molar-refractivity contribution >= 4 is 65.2 Å². The van der Waals surface area contributed by atoms with Crippen LogP contribution in [0, 0.1) is 0 Å². The quantitative estimate of drug-likeness (QED) is 0.173. The molecule has 3 aromatic heterocycles. The van der Waals surface area contributed by atoms with Crippen LogP contribution in [0.1, 0.15) is 0 Å². The van der Waals surface area contributed by atoms with E-state index in [1.54, 1.807) is 0 Å². The predicted molar refractivity (Wildman–Crippen MR) is 290 cm³/mol. The second-order valence-electron chi connectivity index (χ2n) is 18.3. The van der Waals surface area contributed by atoms with E-state index in [-0.39, 0.29) is 0 Å². The zero-order chi connectivity index (χ0) is 45.9. The Balaban J connectivity index is 0.995. The van der Waals surface area contributed by atoms with Crippen molar-refractivity contribution in [3.63, 3.8) is 0 Å². The van der Waals surface area contributed by atoms with Crippen molar-refractivity contribution < 1.29 is 0 Å². The Kier molecular flexibility index (Phi) is 8.29. The number of rotatable bonds is 5. The van der Waals surface area contributed by atoms with Gasteiger partial charge in [-0.05, 0) is 68.7 Å². The minimum Gasteiger partial charge on any atom is -0.309 e. The molecular formula is C65H39N5. The van der Waals surface area contributed by atoms with Gasteiger partial charge in [-0.3, -0.25) is 0 Å². The van der Waals surface area contributed by atoms with Gasteiger partial charge in [-0.1, -0.05) is 206 Å². The van der Waals surface area contributed by atoms with Gasteiger partial charge in [0.2, 0.25) is 0 Å². The smallest absolute Gasteiger partial charge is 0.164 e. The summed E-state index contributed by atoms with van der Waals surface area (Å²) in [5, 5.41) is 9.29. The Bertz CT molecular complexity index is 4460. The lowest BCUT2D eigenvalue weighted by Gasteiger charge is -2.15. The van der Waals surface area contributed by atoms with Crippen molar-refractivity contribution in [2.24, 2.45) is 0 Å². The Hall–Kier alpha value is -9.45. The minimum atomic E-state index is 0.622. The first kappa shape index (κ1) is 38.6. The number of para-hydroxylation sites is 3. The van der Waals surface area contributed by atoms with Crippen LogP contribution in [0.25, 0.3) is 144 Å². The molecule has 0 spiro atoms. The third-order valence-electron chi connectivity index (χ3n) is 14.5. The first-order valence-corrected chi connectivity index (χ1v) is 23.9. The fraction of sp³-hybridized carbons (Fsp3) is 0. The maximum Gasteiger partial charge on any atom is 0.164 e. The van der Waals surface area contributed by atoms with Crippen molar-refractivity contribution in [3.8, 4) is 78.9 Å². The van der Waals surface area contributed by atoms with E-state index in [2.05, 4.69) is 240 Å². The predicted octanol–water partition coefficient (Wildman–Crippen LogP) is 16.7. The highest BCUT2D eigenvalue weighted by atomic mass is 15.0. The van der Waals surface area contributed by atoms with Gasteiger partial charge in [0.05, 0.1) is 33.4 Å². The summed E-state index contributed by atoms with van der Waals surface area (Å²) in [7, 11) is 0. The Morgan fingerprint density at radius 2 is 0.786 bits per heavy atom. The maximum atomic E-state index is 5.37. The lowest BCUT2D eigenvalue weighted by atomic mass is 9.91. The van der Waals surface area contributed by atoms with Crippen molar-refractivity contribution in [3.05, 3.63) is 237 Å². The van der Waals surface area contributed by atoms with Gasteiger partial charge in [-0.15, -0.1) is 0 Å². The lowest BCUT2D eigenvalue weighted by molar-refractivity contribution is 1.08. The summed E-state index contributed by atoms with van der Waals surface area (Å²) in [6.07, 6.45) is 0. The second kappa shape index (κ2) is 15.0. The molecule has 0 saturated heterocycles. The van der Waals surface area contributed by atoms with E-state index in [0.717, 1.165) is 66.1 Å². The molecule has 0 atom stereocenters. The van der Waals surface area contributed by atoms with Gasteiger partial charge in [0.15, 0.2) is 17.5 Å². The molecule has 5 nitrogen and oxygen atoms in total. The SMILES string of the molecule is c1ccc(-c2ccc(-c3nc(-c4cccc5ccccc45)nc(-c4cccc5c(-n6c7ccccc7c7c8c9c(cc76)c6ccccc6n9-c6ccccc6-c6ccccc6-8)cccc45)n3)cc2)cc1. The molecule has 0 unspecified atom stereocenters. The van der Waals surface area contributed by atoms with Crippen molar-refractivity contribution in [2.45, 2.75) is 0 Å². The third kappa shape index (κ3) is 5.63. The molecule has 11 aromatic carbocycles. The van der Waals surface area contributed by atoms with Crippen LogP contribution in [0.2, 0.25) is 0 Å². The molecule has 14 aromatic rings.